The van der Waals surface area contributed by atoms with Crippen molar-refractivity contribution in [3.8, 4) is 5.75 Å². The van der Waals surface area contributed by atoms with Crippen molar-refractivity contribution in [2.45, 2.75) is 6.92 Å². The van der Waals surface area contributed by atoms with E-state index in [4.69, 9.17) is 16.3 Å². The second-order valence-electron chi connectivity index (χ2n) is 3.69. The Morgan fingerprint density at radius 3 is 2.69 bits per heavy atom. The topological polar surface area (TPSA) is 31.2 Å². The quantitative estimate of drug-likeness (QED) is 0.763. The number of aromatic nitrogens is 1. The Bertz CT molecular complexity index is 616. The van der Waals surface area contributed by atoms with Crippen LogP contribution in [0.25, 0.3) is 10.9 Å². The van der Waals surface area contributed by atoms with Gasteiger partial charge in [-0.05, 0) is 25.1 Å². The molecule has 0 atom stereocenters. The second kappa shape index (κ2) is 3.83. The summed E-state index contributed by atoms with van der Waals surface area (Å²) in [5.74, 6) is 0.729. The molecule has 0 bridgehead atoms. The van der Waals surface area contributed by atoms with Gasteiger partial charge in [-0.25, -0.2) is 0 Å². The molecule has 0 aliphatic carbocycles. The zero-order valence-electron chi connectivity index (χ0n) is 9.37. The lowest BCUT2D eigenvalue weighted by Gasteiger charge is -2.10. The molecule has 0 unspecified atom stereocenters. The van der Waals surface area contributed by atoms with Crippen LogP contribution in [0.1, 0.15) is 5.56 Å². The lowest BCUT2D eigenvalue weighted by molar-refractivity contribution is 0.415. The third-order valence-corrected chi connectivity index (χ3v) is 3.24. The first-order valence-corrected chi connectivity index (χ1v) is 5.27. The molecule has 0 amide bonds. The number of benzene rings is 1. The van der Waals surface area contributed by atoms with Gasteiger partial charge in [-0.1, -0.05) is 11.6 Å². The lowest BCUT2D eigenvalue weighted by Crippen LogP contribution is -2.19. The SMILES string of the molecule is COc1ccc2c(c1)c(Cl)c(C)c(=O)n2C. The van der Waals surface area contributed by atoms with Crippen LogP contribution in [-0.4, -0.2) is 11.7 Å². The summed E-state index contributed by atoms with van der Waals surface area (Å²) in [6.45, 7) is 1.73. The molecular weight excluding hydrogens is 226 g/mol. The lowest BCUT2D eigenvalue weighted by atomic mass is 10.1. The van der Waals surface area contributed by atoms with Crippen molar-refractivity contribution in [3.63, 3.8) is 0 Å². The third kappa shape index (κ3) is 1.48. The van der Waals surface area contributed by atoms with Crippen LogP contribution in [0, 0.1) is 6.92 Å². The third-order valence-electron chi connectivity index (χ3n) is 2.76. The van der Waals surface area contributed by atoms with Gasteiger partial charge in [0.2, 0.25) is 0 Å². The molecule has 4 heteroatoms. The van der Waals surface area contributed by atoms with Crippen molar-refractivity contribution in [2.24, 2.45) is 7.05 Å². The van der Waals surface area contributed by atoms with E-state index in [1.165, 1.54) is 0 Å². The van der Waals surface area contributed by atoms with Crippen molar-refractivity contribution in [1.29, 1.82) is 0 Å². The average molecular weight is 238 g/mol. The van der Waals surface area contributed by atoms with Crippen LogP contribution in [0.2, 0.25) is 5.02 Å². The average Bonchev–Trinajstić information content (AvgIpc) is 2.33. The Kier molecular flexibility index (Phi) is 2.64. The summed E-state index contributed by atoms with van der Waals surface area (Å²) in [6, 6.07) is 5.48. The first-order valence-electron chi connectivity index (χ1n) is 4.89. The molecule has 0 saturated heterocycles. The number of ether oxygens (including phenoxy) is 1. The monoisotopic (exact) mass is 237 g/mol. The molecule has 3 nitrogen and oxygen atoms in total. The molecule has 2 aromatic rings. The maximum absolute atomic E-state index is 11.8. The van der Waals surface area contributed by atoms with E-state index in [1.807, 2.05) is 18.2 Å². The number of methoxy groups -OCH3 is 1. The Morgan fingerprint density at radius 2 is 2.06 bits per heavy atom. The normalized spacial score (nSPS) is 10.8. The Hall–Kier alpha value is -1.48. The van der Waals surface area contributed by atoms with E-state index in [1.54, 1.807) is 25.6 Å². The van der Waals surface area contributed by atoms with E-state index in [0.29, 0.717) is 10.6 Å². The van der Waals surface area contributed by atoms with E-state index in [-0.39, 0.29) is 5.56 Å². The van der Waals surface area contributed by atoms with E-state index < -0.39 is 0 Å². The summed E-state index contributed by atoms with van der Waals surface area (Å²) in [5, 5.41) is 1.33. The van der Waals surface area contributed by atoms with Crippen LogP contribution in [-0.2, 0) is 7.05 Å². The van der Waals surface area contributed by atoms with E-state index in [2.05, 4.69) is 0 Å². The molecule has 0 spiro atoms. The van der Waals surface area contributed by atoms with Crippen LogP contribution in [0.4, 0.5) is 0 Å². The first kappa shape index (κ1) is 11.0. The number of hydrogen-bond acceptors (Lipinski definition) is 2. The largest absolute Gasteiger partial charge is 0.497 e. The van der Waals surface area contributed by atoms with E-state index >= 15 is 0 Å². The summed E-state index contributed by atoms with van der Waals surface area (Å²) in [7, 11) is 3.34. The highest BCUT2D eigenvalue weighted by Gasteiger charge is 2.10. The van der Waals surface area contributed by atoms with Crippen molar-refractivity contribution < 1.29 is 4.74 Å². The molecule has 0 aliphatic heterocycles. The number of aryl methyl sites for hydroxylation is 1. The maximum atomic E-state index is 11.8. The maximum Gasteiger partial charge on any atom is 0.255 e. The van der Waals surface area contributed by atoms with Gasteiger partial charge in [0, 0.05) is 18.0 Å². The van der Waals surface area contributed by atoms with Gasteiger partial charge in [0.1, 0.15) is 5.75 Å². The zero-order chi connectivity index (χ0) is 11.9. The van der Waals surface area contributed by atoms with Gasteiger partial charge in [-0.2, -0.15) is 0 Å². The minimum absolute atomic E-state index is 0.0670. The number of halogens is 1. The van der Waals surface area contributed by atoms with E-state index in [9.17, 15) is 4.79 Å². The second-order valence-corrected chi connectivity index (χ2v) is 4.06. The van der Waals surface area contributed by atoms with Gasteiger partial charge in [0.15, 0.2) is 0 Å². The smallest absolute Gasteiger partial charge is 0.255 e. The fourth-order valence-electron chi connectivity index (χ4n) is 1.77. The summed E-state index contributed by atoms with van der Waals surface area (Å²) >= 11 is 6.16. The molecule has 0 radical (unpaired) electrons. The molecule has 1 aromatic carbocycles. The summed E-state index contributed by atoms with van der Waals surface area (Å²) in [5.41, 5.74) is 1.30. The van der Waals surface area contributed by atoms with Gasteiger partial charge < -0.3 is 9.30 Å². The van der Waals surface area contributed by atoms with Crippen LogP contribution in [0.15, 0.2) is 23.0 Å². The van der Waals surface area contributed by atoms with Crippen LogP contribution in [0.5, 0.6) is 5.75 Å². The van der Waals surface area contributed by atoms with Crippen molar-refractivity contribution in [1.82, 2.24) is 4.57 Å². The Labute approximate surface area is 98.2 Å². The van der Waals surface area contributed by atoms with Crippen LogP contribution in [0.3, 0.4) is 0 Å². The van der Waals surface area contributed by atoms with Gasteiger partial charge >= 0.3 is 0 Å². The van der Waals surface area contributed by atoms with Gasteiger partial charge in [-0.3, -0.25) is 4.79 Å². The van der Waals surface area contributed by atoms with Crippen LogP contribution < -0.4 is 10.3 Å². The highest BCUT2D eigenvalue weighted by molar-refractivity contribution is 6.36. The minimum atomic E-state index is -0.0670. The molecule has 0 saturated carbocycles. The Morgan fingerprint density at radius 1 is 1.38 bits per heavy atom. The predicted molar refractivity (Wildman–Crippen MR) is 65.5 cm³/mol. The van der Waals surface area contributed by atoms with Gasteiger partial charge in [-0.15, -0.1) is 0 Å². The standard InChI is InChI=1S/C12H12ClNO2/c1-7-11(13)9-6-8(16-3)4-5-10(9)14(2)12(7)15/h4-6H,1-3H3. The summed E-state index contributed by atoms with van der Waals surface area (Å²) in [4.78, 5) is 11.8. The fourth-order valence-corrected chi connectivity index (χ4v) is 2.00. The molecule has 84 valence electrons. The number of rotatable bonds is 1. The zero-order valence-corrected chi connectivity index (χ0v) is 10.1. The molecule has 0 N–H and O–H groups in total. The molecule has 0 fully saturated rings. The van der Waals surface area contributed by atoms with Crippen molar-refractivity contribution in [2.75, 3.05) is 7.11 Å². The van der Waals surface area contributed by atoms with Gasteiger partial charge in [0.25, 0.3) is 5.56 Å². The molecule has 0 aliphatic rings. The molecule has 16 heavy (non-hydrogen) atoms. The highest BCUT2D eigenvalue weighted by Crippen LogP contribution is 2.27. The number of nitrogens with zero attached hydrogens (tertiary/aromatic N) is 1. The molecule has 2 rings (SSSR count). The van der Waals surface area contributed by atoms with Crippen LogP contribution >= 0.6 is 11.6 Å². The fraction of sp³-hybridized carbons (Fsp3) is 0.250. The number of fused-ring (bicyclic) bond motifs is 1. The summed E-state index contributed by atoms with van der Waals surface area (Å²) < 4.78 is 6.73. The Balaban J connectivity index is 2.97. The number of hydrogen-bond donors (Lipinski definition) is 0. The number of pyridine rings is 1. The molecular formula is C12H12ClNO2. The van der Waals surface area contributed by atoms with Crippen molar-refractivity contribution in [3.05, 3.63) is 39.1 Å². The highest BCUT2D eigenvalue weighted by atomic mass is 35.5. The van der Waals surface area contributed by atoms with Gasteiger partial charge in [0.05, 0.1) is 17.6 Å². The molecule has 1 aromatic heterocycles. The first-order chi connectivity index (χ1) is 7.56. The minimum Gasteiger partial charge on any atom is -0.497 e. The molecule has 1 heterocycles. The van der Waals surface area contributed by atoms with Crippen molar-refractivity contribution >= 4 is 22.5 Å². The predicted octanol–water partition coefficient (Wildman–Crippen LogP) is 2.51. The summed E-state index contributed by atoms with van der Waals surface area (Å²) in [6.07, 6.45) is 0. The van der Waals surface area contributed by atoms with E-state index in [0.717, 1.165) is 16.7 Å².